The fourth-order valence-electron chi connectivity index (χ4n) is 3.66. The Kier molecular flexibility index (Phi) is 5.45. The molecule has 1 amide bonds. The summed E-state index contributed by atoms with van der Waals surface area (Å²) in [4.78, 5) is 25.8. The Morgan fingerprint density at radius 3 is 2.23 bits per heavy atom. The summed E-state index contributed by atoms with van der Waals surface area (Å²) in [5, 5.41) is 19.1. The summed E-state index contributed by atoms with van der Waals surface area (Å²) in [6.45, 7) is 3.82. The van der Waals surface area contributed by atoms with E-state index < -0.39 is 11.6 Å². The summed E-state index contributed by atoms with van der Waals surface area (Å²) in [6, 6.07) is 0. The minimum Gasteiger partial charge on any atom is -0.479 e. The van der Waals surface area contributed by atoms with Gasteiger partial charge in [0.05, 0.1) is 5.41 Å². The van der Waals surface area contributed by atoms with Crippen molar-refractivity contribution in [3.63, 3.8) is 0 Å². The number of ether oxygens (including phenoxy) is 1. The Morgan fingerprint density at radius 2 is 1.73 bits per heavy atom. The van der Waals surface area contributed by atoms with Gasteiger partial charge in [0.1, 0.15) is 0 Å². The number of rotatable bonds is 6. The van der Waals surface area contributed by atoms with Gasteiger partial charge in [0.15, 0.2) is 5.60 Å². The predicted molar refractivity (Wildman–Crippen MR) is 80.4 cm³/mol. The molecule has 0 aromatic carbocycles. The average molecular weight is 313 g/mol. The Bertz CT molecular complexity index is 409. The summed E-state index contributed by atoms with van der Waals surface area (Å²) in [5.74, 6) is -1.07. The number of carbonyl (C=O) groups is 2. The molecule has 0 aromatic heterocycles. The summed E-state index contributed by atoms with van der Waals surface area (Å²) in [6.07, 6.45) is 4.84. The quantitative estimate of drug-likeness (QED) is 0.724. The first-order chi connectivity index (χ1) is 10.4. The number of carboxylic acid groups (broad SMARTS) is 1. The lowest BCUT2D eigenvalue weighted by atomic mass is 9.80. The van der Waals surface area contributed by atoms with E-state index >= 15 is 0 Å². The van der Waals surface area contributed by atoms with Gasteiger partial charge in [-0.15, -0.1) is 0 Å². The largest absolute Gasteiger partial charge is 0.479 e. The van der Waals surface area contributed by atoms with Crippen LogP contribution in [0.2, 0.25) is 0 Å². The third-order valence-corrected chi connectivity index (χ3v) is 5.22. The minimum absolute atomic E-state index is 0.107. The van der Waals surface area contributed by atoms with E-state index in [4.69, 9.17) is 9.84 Å². The number of nitrogens with zero attached hydrogens (tertiary/aromatic N) is 1. The van der Waals surface area contributed by atoms with Gasteiger partial charge in [-0.1, -0.05) is 12.8 Å². The van der Waals surface area contributed by atoms with Crippen molar-refractivity contribution in [2.75, 3.05) is 26.3 Å². The molecule has 1 aliphatic carbocycles. The van der Waals surface area contributed by atoms with Gasteiger partial charge in [0, 0.05) is 39.1 Å². The van der Waals surface area contributed by atoms with Crippen LogP contribution in [-0.2, 0) is 14.3 Å². The molecule has 0 atom stereocenters. The number of aliphatic carboxylic acids is 1. The number of likely N-dealkylation sites (tertiary alicyclic amines) is 1. The standard InChI is InChI=1S/C16H27NO5/c1-2-22-12-9-15(5-3-4-6-15)13(18)17-10-7-16(21,8-11-17)14(19)20/h21H,2-12H2,1H3,(H,19,20). The van der Waals surface area contributed by atoms with Gasteiger partial charge in [-0.25, -0.2) is 4.79 Å². The van der Waals surface area contributed by atoms with Gasteiger partial charge >= 0.3 is 5.97 Å². The molecule has 22 heavy (non-hydrogen) atoms. The summed E-state index contributed by atoms with van der Waals surface area (Å²) < 4.78 is 5.43. The lowest BCUT2D eigenvalue weighted by molar-refractivity contribution is -0.167. The SMILES string of the molecule is CCOCCC1(C(=O)N2CCC(O)(C(=O)O)CC2)CCCC1. The molecule has 126 valence electrons. The van der Waals surface area contributed by atoms with Crippen molar-refractivity contribution in [3.05, 3.63) is 0 Å². The van der Waals surface area contributed by atoms with Crippen LogP contribution in [-0.4, -0.2) is 58.9 Å². The van der Waals surface area contributed by atoms with Gasteiger partial charge in [-0.3, -0.25) is 4.79 Å². The molecule has 1 saturated carbocycles. The van der Waals surface area contributed by atoms with Crippen molar-refractivity contribution in [1.29, 1.82) is 0 Å². The fraction of sp³-hybridized carbons (Fsp3) is 0.875. The van der Waals surface area contributed by atoms with E-state index in [-0.39, 0.29) is 24.2 Å². The third kappa shape index (κ3) is 3.43. The Hall–Kier alpha value is -1.14. The molecular weight excluding hydrogens is 286 g/mol. The molecule has 2 aliphatic rings. The number of piperidine rings is 1. The number of hydrogen-bond donors (Lipinski definition) is 2. The molecule has 0 bridgehead atoms. The van der Waals surface area contributed by atoms with Gasteiger partial charge in [-0.2, -0.15) is 0 Å². The highest BCUT2D eigenvalue weighted by Crippen LogP contribution is 2.43. The van der Waals surface area contributed by atoms with Crippen molar-refractivity contribution >= 4 is 11.9 Å². The maximum Gasteiger partial charge on any atom is 0.335 e. The van der Waals surface area contributed by atoms with E-state index in [0.717, 1.165) is 32.1 Å². The molecule has 0 unspecified atom stereocenters. The van der Waals surface area contributed by atoms with Crippen LogP contribution in [0.15, 0.2) is 0 Å². The average Bonchev–Trinajstić information content (AvgIpc) is 2.97. The topological polar surface area (TPSA) is 87.1 Å². The monoisotopic (exact) mass is 313 g/mol. The van der Waals surface area contributed by atoms with Crippen molar-refractivity contribution < 1.29 is 24.5 Å². The van der Waals surface area contributed by atoms with Crippen LogP contribution in [0.25, 0.3) is 0 Å². The van der Waals surface area contributed by atoms with Crippen LogP contribution in [0.5, 0.6) is 0 Å². The van der Waals surface area contributed by atoms with E-state index in [1.54, 1.807) is 4.90 Å². The molecule has 1 aliphatic heterocycles. The van der Waals surface area contributed by atoms with Crippen molar-refractivity contribution in [2.45, 2.75) is 57.5 Å². The highest BCUT2D eigenvalue weighted by atomic mass is 16.5. The van der Waals surface area contributed by atoms with E-state index in [1.165, 1.54) is 0 Å². The van der Waals surface area contributed by atoms with Crippen LogP contribution in [0, 0.1) is 5.41 Å². The first kappa shape index (κ1) is 17.2. The van der Waals surface area contributed by atoms with Gasteiger partial charge in [-0.05, 0) is 26.2 Å². The lowest BCUT2D eigenvalue weighted by Gasteiger charge is -2.40. The fourth-order valence-corrected chi connectivity index (χ4v) is 3.66. The minimum atomic E-state index is -1.68. The van der Waals surface area contributed by atoms with E-state index in [2.05, 4.69) is 0 Å². The molecule has 0 radical (unpaired) electrons. The van der Waals surface area contributed by atoms with Crippen LogP contribution >= 0.6 is 0 Å². The van der Waals surface area contributed by atoms with Crippen molar-refractivity contribution in [3.8, 4) is 0 Å². The van der Waals surface area contributed by atoms with Gasteiger partial charge < -0.3 is 19.8 Å². The maximum absolute atomic E-state index is 12.9. The molecule has 6 nitrogen and oxygen atoms in total. The number of carboxylic acids is 1. The molecule has 1 heterocycles. The van der Waals surface area contributed by atoms with Gasteiger partial charge in [0.2, 0.25) is 5.91 Å². The molecule has 0 aromatic rings. The number of aliphatic hydroxyl groups is 1. The normalized spacial score (nSPS) is 23.5. The first-order valence-corrected chi connectivity index (χ1v) is 8.26. The molecule has 2 rings (SSSR count). The smallest absolute Gasteiger partial charge is 0.335 e. The lowest BCUT2D eigenvalue weighted by Crippen LogP contribution is -2.53. The van der Waals surface area contributed by atoms with E-state index in [9.17, 15) is 14.7 Å². The van der Waals surface area contributed by atoms with Gasteiger partial charge in [0.25, 0.3) is 0 Å². The molecule has 6 heteroatoms. The molecule has 2 N–H and O–H groups in total. The van der Waals surface area contributed by atoms with Crippen LogP contribution in [0.1, 0.15) is 51.9 Å². The number of amides is 1. The highest BCUT2D eigenvalue weighted by molar-refractivity contribution is 5.84. The summed E-state index contributed by atoms with van der Waals surface area (Å²) >= 11 is 0. The predicted octanol–water partition coefficient (Wildman–Crippen LogP) is 1.41. The zero-order valence-electron chi connectivity index (χ0n) is 13.3. The second kappa shape index (κ2) is 6.96. The molecule has 0 spiro atoms. The number of carbonyl (C=O) groups excluding carboxylic acids is 1. The van der Waals surface area contributed by atoms with E-state index in [0.29, 0.717) is 26.3 Å². The summed E-state index contributed by atoms with van der Waals surface area (Å²) in [5.41, 5.74) is -2.02. The zero-order valence-corrected chi connectivity index (χ0v) is 13.3. The Morgan fingerprint density at radius 1 is 1.14 bits per heavy atom. The molecule has 1 saturated heterocycles. The van der Waals surface area contributed by atoms with Crippen LogP contribution in [0.3, 0.4) is 0 Å². The maximum atomic E-state index is 12.9. The highest BCUT2D eigenvalue weighted by Gasteiger charge is 2.46. The number of hydrogen-bond acceptors (Lipinski definition) is 4. The summed E-state index contributed by atoms with van der Waals surface area (Å²) in [7, 11) is 0. The Labute approximate surface area is 131 Å². The zero-order chi connectivity index (χ0) is 16.2. The van der Waals surface area contributed by atoms with Crippen molar-refractivity contribution in [1.82, 2.24) is 4.90 Å². The molecular formula is C16H27NO5. The molecule has 2 fully saturated rings. The Balaban J connectivity index is 1.98. The van der Waals surface area contributed by atoms with Crippen LogP contribution < -0.4 is 0 Å². The first-order valence-electron chi connectivity index (χ1n) is 8.26. The van der Waals surface area contributed by atoms with Crippen molar-refractivity contribution in [2.24, 2.45) is 5.41 Å². The second-order valence-corrected chi connectivity index (χ2v) is 6.56. The third-order valence-electron chi connectivity index (χ3n) is 5.22. The van der Waals surface area contributed by atoms with Crippen LogP contribution in [0.4, 0.5) is 0 Å². The second-order valence-electron chi connectivity index (χ2n) is 6.56. The van der Waals surface area contributed by atoms with E-state index in [1.807, 2.05) is 6.92 Å².